The Morgan fingerprint density at radius 1 is 1.00 bits per heavy atom. The van der Waals surface area contributed by atoms with Crippen molar-refractivity contribution in [2.75, 3.05) is 5.32 Å². The molecule has 0 aliphatic heterocycles. The van der Waals surface area contributed by atoms with E-state index < -0.39 is 0 Å². The predicted octanol–water partition coefficient (Wildman–Crippen LogP) is 4.44. The normalized spacial score (nSPS) is 18.1. The minimum atomic E-state index is 0.698. The van der Waals surface area contributed by atoms with Crippen molar-refractivity contribution in [1.29, 1.82) is 0 Å². The number of anilines is 1. The van der Waals surface area contributed by atoms with Crippen LogP contribution in [-0.2, 0) is 0 Å². The maximum absolute atomic E-state index is 3.72. The molecule has 1 aliphatic carbocycles. The van der Waals surface area contributed by atoms with E-state index in [0.717, 1.165) is 0 Å². The highest BCUT2D eigenvalue weighted by Gasteiger charge is 2.12. The smallest absolute Gasteiger partial charge is 0.0372 e. The second-order valence-electron chi connectivity index (χ2n) is 5.15. The van der Waals surface area contributed by atoms with Crippen molar-refractivity contribution < 1.29 is 0 Å². The third-order valence-electron chi connectivity index (χ3n) is 3.60. The van der Waals surface area contributed by atoms with Crippen LogP contribution in [0, 0.1) is 13.8 Å². The third kappa shape index (κ3) is 3.01. The highest BCUT2D eigenvalue weighted by atomic mass is 14.9. The summed E-state index contributed by atoms with van der Waals surface area (Å²) < 4.78 is 0. The number of aryl methyl sites for hydroxylation is 2. The summed E-state index contributed by atoms with van der Waals surface area (Å²) in [5.41, 5.74) is 4.06. The number of hydrogen-bond acceptors (Lipinski definition) is 1. The van der Waals surface area contributed by atoms with Gasteiger partial charge in [0.2, 0.25) is 0 Å². The molecular formula is C15H23N. The van der Waals surface area contributed by atoms with E-state index >= 15 is 0 Å². The van der Waals surface area contributed by atoms with Crippen LogP contribution in [0.5, 0.6) is 0 Å². The minimum Gasteiger partial charge on any atom is -0.382 e. The van der Waals surface area contributed by atoms with Crippen molar-refractivity contribution in [3.05, 3.63) is 29.3 Å². The lowest BCUT2D eigenvalue weighted by atomic mass is 10.1. The molecule has 0 aromatic heterocycles. The lowest BCUT2D eigenvalue weighted by Gasteiger charge is -2.19. The molecule has 1 saturated carbocycles. The van der Waals surface area contributed by atoms with Crippen LogP contribution in [0.2, 0.25) is 0 Å². The Kier molecular flexibility index (Phi) is 3.87. The van der Waals surface area contributed by atoms with E-state index in [1.54, 1.807) is 0 Å². The SMILES string of the molecule is Cc1ccc(NC2CCCCCC2)c(C)c1. The van der Waals surface area contributed by atoms with Crippen molar-refractivity contribution >= 4 is 5.69 Å². The van der Waals surface area contributed by atoms with Crippen LogP contribution in [0.3, 0.4) is 0 Å². The fraction of sp³-hybridized carbons (Fsp3) is 0.600. The molecule has 1 nitrogen and oxygen atoms in total. The third-order valence-corrected chi connectivity index (χ3v) is 3.60. The Balaban J connectivity index is 2.01. The zero-order chi connectivity index (χ0) is 11.4. The van der Waals surface area contributed by atoms with Crippen LogP contribution in [0.1, 0.15) is 49.7 Å². The Morgan fingerprint density at radius 2 is 1.69 bits per heavy atom. The van der Waals surface area contributed by atoms with Gasteiger partial charge in [-0.2, -0.15) is 0 Å². The largest absolute Gasteiger partial charge is 0.382 e. The summed E-state index contributed by atoms with van der Waals surface area (Å²) in [6.45, 7) is 4.36. The van der Waals surface area contributed by atoms with E-state index in [1.165, 1.54) is 55.3 Å². The molecule has 0 atom stereocenters. The second kappa shape index (κ2) is 5.38. The van der Waals surface area contributed by atoms with Crippen molar-refractivity contribution in [3.63, 3.8) is 0 Å². The van der Waals surface area contributed by atoms with Crippen LogP contribution < -0.4 is 5.32 Å². The van der Waals surface area contributed by atoms with Crippen LogP contribution in [0.4, 0.5) is 5.69 Å². The molecule has 1 heteroatoms. The summed E-state index contributed by atoms with van der Waals surface area (Å²) in [4.78, 5) is 0. The molecule has 0 radical (unpaired) electrons. The summed E-state index contributed by atoms with van der Waals surface area (Å²) in [5.74, 6) is 0. The molecule has 1 aromatic carbocycles. The van der Waals surface area contributed by atoms with Crippen LogP contribution in [-0.4, -0.2) is 6.04 Å². The van der Waals surface area contributed by atoms with Gasteiger partial charge in [-0.25, -0.2) is 0 Å². The molecule has 88 valence electrons. The highest BCUT2D eigenvalue weighted by molar-refractivity contribution is 5.52. The Morgan fingerprint density at radius 3 is 2.31 bits per heavy atom. The molecule has 0 bridgehead atoms. The quantitative estimate of drug-likeness (QED) is 0.722. The van der Waals surface area contributed by atoms with Gasteiger partial charge in [-0.15, -0.1) is 0 Å². The lowest BCUT2D eigenvalue weighted by Crippen LogP contribution is -2.18. The number of hydrogen-bond donors (Lipinski definition) is 1. The van der Waals surface area contributed by atoms with E-state index in [1.807, 2.05) is 0 Å². The van der Waals surface area contributed by atoms with Crippen LogP contribution in [0.25, 0.3) is 0 Å². The average Bonchev–Trinajstić information content (AvgIpc) is 2.51. The zero-order valence-corrected chi connectivity index (χ0v) is 10.6. The van der Waals surface area contributed by atoms with E-state index in [9.17, 15) is 0 Å². The summed E-state index contributed by atoms with van der Waals surface area (Å²) in [6, 6.07) is 7.39. The van der Waals surface area contributed by atoms with Gasteiger partial charge >= 0.3 is 0 Å². The maximum Gasteiger partial charge on any atom is 0.0372 e. The topological polar surface area (TPSA) is 12.0 Å². The average molecular weight is 217 g/mol. The monoisotopic (exact) mass is 217 g/mol. The Bertz CT molecular complexity index is 335. The zero-order valence-electron chi connectivity index (χ0n) is 10.6. The molecule has 0 spiro atoms. The standard InChI is InChI=1S/C15H23N/c1-12-9-10-15(13(2)11-12)16-14-7-5-3-4-6-8-14/h9-11,14,16H,3-8H2,1-2H3. The van der Waals surface area contributed by atoms with E-state index in [2.05, 4.69) is 37.4 Å². The summed E-state index contributed by atoms with van der Waals surface area (Å²) >= 11 is 0. The Labute approximate surface area is 99.3 Å². The summed E-state index contributed by atoms with van der Waals surface area (Å²) in [6.07, 6.45) is 8.31. The molecule has 16 heavy (non-hydrogen) atoms. The van der Waals surface area contributed by atoms with E-state index in [-0.39, 0.29) is 0 Å². The van der Waals surface area contributed by atoms with Gasteiger partial charge in [-0.3, -0.25) is 0 Å². The van der Waals surface area contributed by atoms with Crippen molar-refractivity contribution in [1.82, 2.24) is 0 Å². The summed E-state index contributed by atoms with van der Waals surface area (Å²) in [5, 5.41) is 3.72. The molecule has 1 fully saturated rings. The molecular weight excluding hydrogens is 194 g/mol. The fourth-order valence-electron chi connectivity index (χ4n) is 2.62. The minimum absolute atomic E-state index is 0.698. The van der Waals surface area contributed by atoms with Crippen molar-refractivity contribution in [2.24, 2.45) is 0 Å². The first-order chi connectivity index (χ1) is 7.75. The van der Waals surface area contributed by atoms with E-state index in [0.29, 0.717) is 6.04 Å². The highest BCUT2D eigenvalue weighted by Crippen LogP contribution is 2.23. The van der Waals surface area contributed by atoms with E-state index in [4.69, 9.17) is 0 Å². The lowest BCUT2D eigenvalue weighted by molar-refractivity contribution is 0.619. The molecule has 0 heterocycles. The van der Waals surface area contributed by atoms with Gasteiger partial charge in [-0.05, 0) is 38.3 Å². The number of rotatable bonds is 2. The maximum atomic E-state index is 3.72. The predicted molar refractivity (Wildman–Crippen MR) is 71.0 cm³/mol. The van der Waals surface area contributed by atoms with Crippen LogP contribution >= 0.6 is 0 Å². The van der Waals surface area contributed by atoms with Gasteiger partial charge in [0.15, 0.2) is 0 Å². The van der Waals surface area contributed by atoms with Crippen molar-refractivity contribution in [2.45, 2.75) is 58.4 Å². The number of benzene rings is 1. The van der Waals surface area contributed by atoms with Gasteiger partial charge in [0, 0.05) is 11.7 Å². The fourth-order valence-corrected chi connectivity index (χ4v) is 2.62. The first-order valence-electron chi connectivity index (χ1n) is 6.59. The molecule has 1 N–H and O–H groups in total. The molecule has 0 amide bonds. The van der Waals surface area contributed by atoms with Gasteiger partial charge in [-0.1, -0.05) is 43.4 Å². The summed E-state index contributed by atoms with van der Waals surface area (Å²) in [7, 11) is 0. The van der Waals surface area contributed by atoms with Gasteiger partial charge in [0.05, 0.1) is 0 Å². The van der Waals surface area contributed by atoms with Gasteiger partial charge in [0.1, 0.15) is 0 Å². The second-order valence-corrected chi connectivity index (χ2v) is 5.15. The van der Waals surface area contributed by atoms with Crippen molar-refractivity contribution in [3.8, 4) is 0 Å². The molecule has 0 unspecified atom stereocenters. The molecule has 1 aliphatic rings. The van der Waals surface area contributed by atoms with Gasteiger partial charge < -0.3 is 5.32 Å². The number of nitrogens with one attached hydrogen (secondary N) is 1. The first kappa shape index (κ1) is 11.5. The molecule has 2 rings (SSSR count). The van der Waals surface area contributed by atoms with Crippen LogP contribution in [0.15, 0.2) is 18.2 Å². The molecule has 1 aromatic rings. The first-order valence-corrected chi connectivity index (χ1v) is 6.59. The van der Waals surface area contributed by atoms with Gasteiger partial charge in [0.25, 0.3) is 0 Å². The molecule has 0 saturated heterocycles. The Hall–Kier alpha value is -0.980.